The summed E-state index contributed by atoms with van der Waals surface area (Å²) in [5.41, 5.74) is 1.52. The summed E-state index contributed by atoms with van der Waals surface area (Å²) in [7, 11) is 0. The van der Waals surface area contributed by atoms with Gasteiger partial charge in [0.25, 0.3) is 5.91 Å². The van der Waals surface area contributed by atoms with E-state index < -0.39 is 0 Å². The smallest absolute Gasteiger partial charge is 0.270 e. The number of amides is 1. The van der Waals surface area contributed by atoms with E-state index in [1.54, 1.807) is 6.07 Å². The lowest BCUT2D eigenvalue weighted by Gasteiger charge is -2.23. The maximum absolute atomic E-state index is 12.3. The van der Waals surface area contributed by atoms with Gasteiger partial charge < -0.3 is 10.6 Å². The molecule has 132 valence electrons. The Morgan fingerprint density at radius 1 is 1.12 bits per heavy atom. The molecule has 0 aliphatic heterocycles. The van der Waals surface area contributed by atoms with Gasteiger partial charge in [-0.05, 0) is 37.0 Å². The van der Waals surface area contributed by atoms with Crippen LogP contribution in [-0.4, -0.2) is 28.5 Å². The Kier molecular flexibility index (Phi) is 6.23. The number of anilines is 1. The summed E-state index contributed by atoms with van der Waals surface area (Å²) < 4.78 is 0. The minimum atomic E-state index is -0.178. The van der Waals surface area contributed by atoms with Crippen LogP contribution in [0.1, 0.15) is 48.2 Å². The lowest BCUT2D eigenvalue weighted by molar-refractivity contribution is 0.0949. The van der Waals surface area contributed by atoms with Gasteiger partial charge in [0.15, 0.2) is 0 Å². The monoisotopic (exact) mass is 358 g/mol. The van der Waals surface area contributed by atoms with Crippen LogP contribution in [0, 0.1) is 0 Å². The van der Waals surface area contributed by atoms with Crippen molar-refractivity contribution in [2.24, 2.45) is 0 Å². The summed E-state index contributed by atoms with van der Waals surface area (Å²) in [6.45, 7) is 0.551. The van der Waals surface area contributed by atoms with Gasteiger partial charge >= 0.3 is 0 Å². The third-order valence-corrected chi connectivity index (χ3v) is 4.72. The van der Waals surface area contributed by atoms with E-state index >= 15 is 0 Å². The number of hydrogen-bond donors (Lipinski definition) is 2. The van der Waals surface area contributed by atoms with Gasteiger partial charge in [0.2, 0.25) is 0 Å². The number of aromatic nitrogens is 2. The van der Waals surface area contributed by atoms with Crippen LogP contribution in [-0.2, 0) is 6.42 Å². The van der Waals surface area contributed by atoms with Crippen molar-refractivity contribution in [2.75, 3.05) is 11.9 Å². The van der Waals surface area contributed by atoms with E-state index in [2.05, 4.69) is 20.6 Å². The lowest BCUT2D eigenvalue weighted by atomic mass is 9.95. The van der Waals surface area contributed by atoms with Gasteiger partial charge in [-0.15, -0.1) is 0 Å². The maximum Gasteiger partial charge on any atom is 0.270 e. The molecule has 1 fully saturated rings. The van der Waals surface area contributed by atoms with E-state index in [0.717, 1.165) is 30.6 Å². The Morgan fingerprint density at radius 2 is 1.88 bits per heavy atom. The van der Waals surface area contributed by atoms with Crippen molar-refractivity contribution in [1.29, 1.82) is 0 Å². The number of carbonyl (C=O) groups excluding carboxylic acids is 1. The predicted molar refractivity (Wildman–Crippen MR) is 100 cm³/mol. The fourth-order valence-electron chi connectivity index (χ4n) is 3.08. The third kappa shape index (κ3) is 5.43. The molecule has 1 aliphatic rings. The van der Waals surface area contributed by atoms with Crippen molar-refractivity contribution in [3.63, 3.8) is 0 Å². The molecule has 3 rings (SSSR count). The Morgan fingerprint density at radius 3 is 2.64 bits per heavy atom. The highest BCUT2D eigenvalue weighted by atomic mass is 35.5. The van der Waals surface area contributed by atoms with E-state index in [4.69, 9.17) is 11.6 Å². The zero-order valence-corrected chi connectivity index (χ0v) is 14.9. The van der Waals surface area contributed by atoms with E-state index in [-0.39, 0.29) is 5.91 Å². The molecule has 0 radical (unpaired) electrons. The molecule has 0 saturated heterocycles. The Bertz CT molecular complexity index is 699. The molecule has 5 nitrogen and oxygen atoms in total. The Labute approximate surface area is 153 Å². The number of nitrogens with zero attached hydrogens (tertiary/aromatic N) is 2. The zero-order valence-electron chi connectivity index (χ0n) is 14.2. The number of carbonyl (C=O) groups is 1. The molecule has 2 N–H and O–H groups in total. The van der Waals surface area contributed by atoms with Gasteiger partial charge in [-0.1, -0.05) is 43.0 Å². The zero-order chi connectivity index (χ0) is 17.5. The van der Waals surface area contributed by atoms with Crippen molar-refractivity contribution < 1.29 is 4.79 Å². The molecular formula is C19H23ClN4O. The first-order valence-electron chi connectivity index (χ1n) is 8.82. The molecule has 1 aromatic carbocycles. The van der Waals surface area contributed by atoms with Gasteiger partial charge in [0, 0.05) is 23.7 Å². The SMILES string of the molecule is O=C(NCCc1ccc(Cl)cc1)c1cc(NC2CCCCC2)ncn1. The Balaban J connectivity index is 1.51. The molecule has 0 bridgehead atoms. The van der Waals surface area contributed by atoms with Gasteiger partial charge in [0.1, 0.15) is 17.8 Å². The van der Waals surface area contributed by atoms with Crippen molar-refractivity contribution in [1.82, 2.24) is 15.3 Å². The largest absolute Gasteiger partial charge is 0.367 e. The summed E-state index contributed by atoms with van der Waals surface area (Å²) >= 11 is 5.87. The predicted octanol–water partition coefficient (Wildman–Crippen LogP) is 3.85. The number of hydrogen-bond acceptors (Lipinski definition) is 4. The van der Waals surface area contributed by atoms with Gasteiger partial charge in [-0.3, -0.25) is 4.79 Å². The summed E-state index contributed by atoms with van der Waals surface area (Å²) in [4.78, 5) is 20.6. The molecule has 2 aromatic rings. The Hall–Kier alpha value is -2.14. The van der Waals surface area contributed by atoms with Crippen LogP contribution in [0.25, 0.3) is 0 Å². The van der Waals surface area contributed by atoms with E-state index in [1.807, 2.05) is 24.3 Å². The van der Waals surface area contributed by atoms with Gasteiger partial charge in [-0.2, -0.15) is 0 Å². The molecular weight excluding hydrogens is 336 g/mol. The lowest BCUT2D eigenvalue weighted by Crippen LogP contribution is -2.27. The van der Waals surface area contributed by atoms with Crippen LogP contribution < -0.4 is 10.6 Å². The molecule has 1 aliphatic carbocycles. The summed E-state index contributed by atoms with van der Waals surface area (Å²) in [6.07, 6.45) is 8.32. The standard InChI is InChI=1S/C19H23ClN4O/c20-15-8-6-14(7-9-15)10-11-21-19(25)17-12-18(23-13-22-17)24-16-4-2-1-3-5-16/h6-9,12-13,16H,1-5,10-11H2,(H,21,25)(H,22,23,24). The first-order chi connectivity index (χ1) is 12.2. The second-order valence-electron chi connectivity index (χ2n) is 6.40. The molecule has 0 atom stereocenters. The molecule has 6 heteroatoms. The van der Waals surface area contributed by atoms with Crippen LogP contribution in [0.2, 0.25) is 5.02 Å². The van der Waals surface area contributed by atoms with Crippen LogP contribution in [0.4, 0.5) is 5.82 Å². The highest BCUT2D eigenvalue weighted by molar-refractivity contribution is 6.30. The summed E-state index contributed by atoms with van der Waals surface area (Å²) in [5, 5.41) is 7.04. The quantitative estimate of drug-likeness (QED) is 0.823. The molecule has 1 amide bonds. The van der Waals surface area contributed by atoms with Gasteiger partial charge in [-0.25, -0.2) is 9.97 Å². The minimum Gasteiger partial charge on any atom is -0.367 e. The molecule has 1 aromatic heterocycles. The highest BCUT2D eigenvalue weighted by Crippen LogP contribution is 2.20. The van der Waals surface area contributed by atoms with E-state index in [1.165, 1.54) is 25.6 Å². The van der Waals surface area contributed by atoms with Crippen LogP contribution >= 0.6 is 11.6 Å². The number of nitrogens with one attached hydrogen (secondary N) is 2. The topological polar surface area (TPSA) is 66.9 Å². The average Bonchev–Trinajstić information content (AvgIpc) is 2.64. The summed E-state index contributed by atoms with van der Waals surface area (Å²) in [6, 6.07) is 9.81. The average molecular weight is 359 g/mol. The normalized spacial score (nSPS) is 14.9. The fourth-order valence-corrected chi connectivity index (χ4v) is 3.20. The first kappa shape index (κ1) is 17.7. The second kappa shape index (κ2) is 8.81. The molecule has 1 heterocycles. The number of benzene rings is 1. The third-order valence-electron chi connectivity index (χ3n) is 4.47. The minimum absolute atomic E-state index is 0.178. The van der Waals surface area contributed by atoms with Crippen molar-refractivity contribution in [3.05, 3.63) is 52.9 Å². The van der Waals surface area contributed by atoms with Gasteiger partial charge in [0.05, 0.1) is 0 Å². The van der Waals surface area contributed by atoms with Crippen LogP contribution in [0.3, 0.4) is 0 Å². The fraction of sp³-hybridized carbons (Fsp3) is 0.421. The van der Waals surface area contributed by atoms with Crippen molar-refractivity contribution in [2.45, 2.75) is 44.6 Å². The van der Waals surface area contributed by atoms with Crippen LogP contribution in [0.15, 0.2) is 36.7 Å². The first-order valence-corrected chi connectivity index (χ1v) is 9.20. The van der Waals surface area contributed by atoms with Crippen molar-refractivity contribution in [3.8, 4) is 0 Å². The van der Waals surface area contributed by atoms with Crippen LogP contribution in [0.5, 0.6) is 0 Å². The molecule has 0 unspecified atom stereocenters. The highest BCUT2D eigenvalue weighted by Gasteiger charge is 2.15. The molecule has 0 spiro atoms. The van der Waals surface area contributed by atoms with Crippen molar-refractivity contribution >= 4 is 23.3 Å². The number of halogens is 1. The van der Waals surface area contributed by atoms with E-state index in [0.29, 0.717) is 23.3 Å². The second-order valence-corrected chi connectivity index (χ2v) is 6.84. The number of rotatable bonds is 6. The summed E-state index contributed by atoms with van der Waals surface area (Å²) in [5.74, 6) is 0.549. The molecule has 25 heavy (non-hydrogen) atoms. The molecule has 1 saturated carbocycles. The maximum atomic E-state index is 12.3. The van der Waals surface area contributed by atoms with E-state index in [9.17, 15) is 4.79 Å².